The van der Waals surface area contributed by atoms with E-state index in [1.807, 2.05) is 6.92 Å². The van der Waals surface area contributed by atoms with Crippen molar-refractivity contribution in [2.24, 2.45) is 9.57 Å². The summed E-state index contributed by atoms with van der Waals surface area (Å²) in [5.41, 5.74) is 1.36. The van der Waals surface area contributed by atoms with Crippen LogP contribution in [0.5, 0.6) is 0 Å². The van der Waals surface area contributed by atoms with Gasteiger partial charge in [0.15, 0.2) is 0 Å². The number of ether oxygens (including phenoxy) is 1. The second-order valence-electron chi connectivity index (χ2n) is 2.79. The smallest absolute Gasteiger partial charge is 0.344 e. The van der Waals surface area contributed by atoms with Gasteiger partial charge in [-0.1, -0.05) is 17.7 Å². The number of nitrogens with zero attached hydrogens (tertiary/aromatic N) is 2. The Morgan fingerprint density at radius 3 is 2.50 bits per heavy atom. The molecule has 0 aliphatic rings. The lowest BCUT2D eigenvalue weighted by molar-refractivity contribution is 0.0727. The minimum Gasteiger partial charge on any atom is -0.409 e. The van der Waals surface area contributed by atoms with E-state index in [9.17, 15) is 13.2 Å². The van der Waals surface area contributed by atoms with Crippen molar-refractivity contribution in [1.82, 2.24) is 0 Å². The molecule has 0 N–H and O–H groups in total. The van der Waals surface area contributed by atoms with Crippen LogP contribution in [0.1, 0.15) is 15.9 Å². The Hall–Kier alpha value is -2.02. The lowest BCUT2D eigenvalue weighted by atomic mass is 10.2. The van der Waals surface area contributed by atoms with Crippen LogP contribution in [0.3, 0.4) is 0 Å². The molecule has 1 aromatic rings. The minimum absolute atomic E-state index is 0.347. The van der Waals surface area contributed by atoms with Crippen LogP contribution in [0.4, 0.5) is 0 Å². The highest BCUT2D eigenvalue weighted by molar-refractivity contribution is 7.61. The van der Waals surface area contributed by atoms with Gasteiger partial charge in [-0.15, -0.1) is 5.10 Å². The van der Waals surface area contributed by atoms with E-state index < -0.39 is 16.5 Å². The second kappa shape index (κ2) is 5.76. The van der Waals surface area contributed by atoms with Crippen LogP contribution in [0.25, 0.3) is 0 Å². The van der Waals surface area contributed by atoms with Gasteiger partial charge >= 0.3 is 16.5 Å². The summed E-state index contributed by atoms with van der Waals surface area (Å²) >= 11 is 0. The summed E-state index contributed by atoms with van der Waals surface area (Å²) < 4.78 is 27.1. The van der Waals surface area contributed by atoms with E-state index in [1.54, 1.807) is 24.3 Å². The third kappa shape index (κ3) is 4.01. The first-order chi connectivity index (χ1) is 7.59. The molecule has 0 saturated heterocycles. The van der Waals surface area contributed by atoms with Crippen LogP contribution in [0, 0.1) is 6.92 Å². The number of hydrogen-bond donors (Lipinski definition) is 0. The highest BCUT2D eigenvalue weighted by Crippen LogP contribution is 2.03. The molecule has 0 bridgehead atoms. The van der Waals surface area contributed by atoms with Crippen molar-refractivity contribution in [2.45, 2.75) is 6.92 Å². The van der Waals surface area contributed by atoms with Crippen molar-refractivity contribution in [3.8, 4) is 0 Å². The molecule has 0 aliphatic heterocycles. The quantitative estimate of drug-likeness (QED) is 0.343. The molecule has 16 heavy (non-hydrogen) atoms. The Labute approximate surface area is 93.3 Å². The van der Waals surface area contributed by atoms with Crippen LogP contribution in [0.2, 0.25) is 0 Å². The molecule has 84 valence electrons. The number of rotatable bonds is 3. The summed E-state index contributed by atoms with van der Waals surface area (Å²) in [4.78, 5) is 11.3. The molecule has 0 radical (unpaired) electrons. The van der Waals surface area contributed by atoms with Crippen molar-refractivity contribution < 1.29 is 17.9 Å². The Morgan fingerprint density at radius 1 is 1.31 bits per heavy atom. The molecular weight excluding hydrogens is 232 g/mol. The normalized spacial score (nSPS) is 10.1. The summed E-state index contributed by atoms with van der Waals surface area (Å²) in [6, 6.07) is 6.69. The van der Waals surface area contributed by atoms with Gasteiger partial charge in [-0.2, -0.15) is 8.42 Å². The molecule has 1 aromatic carbocycles. The van der Waals surface area contributed by atoms with Crippen LogP contribution in [0.15, 0.2) is 33.8 Å². The minimum atomic E-state index is -2.64. The lowest BCUT2D eigenvalue weighted by Gasteiger charge is -1.97. The maximum absolute atomic E-state index is 11.3. The fourth-order valence-corrected chi connectivity index (χ4v) is 1.00. The molecule has 0 heterocycles. The van der Waals surface area contributed by atoms with Crippen LogP contribution in [-0.2, 0) is 15.2 Å². The van der Waals surface area contributed by atoms with E-state index in [4.69, 9.17) is 0 Å². The molecule has 0 saturated carbocycles. The summed E-state index contributed by atoms with van der Waals surface area (Å²) in [5, 5.41) is 3.00. The highest BCUT2D eigenvalue weighted by atomic mass is 32.2. The molecule has 0 spiro atoms. The number of hydrogen-bond acceptors (Lipinski definition) is 5. The van der Waals surface area contributed by atoms with Gasteiger partial charge in [-0.25, -0.2) is 4.79 Å². The summed E-state index contributed by atoms with van der Waals surface area (Å²) in [6.07, 6.45) is 0.665. The largest absolute Gasteiger partial charge is 0.409 e. The zero-order valence-corrected chi connectivity index (χ0v) is 9.14. The van der Waals surface area contributed by atoms with Gasteiger partial charge in [0.1, 0.15) is 0 Å². The van der Waals surface area contributed by atoms with Crippen molar-refractivity contribution >= 4 is 22.9 Å². The molecule has 1 rings (SSSR count). The standard InChI is InChI=1S/C9H8N2O4S/c1-7-2-4-8(5-3-7)9(12)15-6-10-11-16(13)14/h2-6H,1H3. The highest BCUT2D eigenvalue weighted by Gasteiger charge is 2.04. The Morgan fingerprint density at radius 2 is 1.94 bits per heavy atom. The number of carbonyl (C=O) groups is 1. The Kier molecular flexibility index (Phi) is 4.34. The molecule has 0 amide bonds. The van der Waals surface area contributed by atoms with Crippen molar-refractivity contribution in [1.29, 1.82) is 0 Å². The first-order valence-electron chi connectivity index (χ1n) is 4.19. The van der Waals surface area contributed by atoms with E-state index in [0.29, 0.717) is 12.0 Å². The fraction of sp³-hybridized carbons (Fsp3) is 0.111. The van der Waals surface area contributed by atoms with E-state index in [0.717, 1.165) is 5.56 Å². The molecule has 6 nitrogen and oxygen atoms in total. The molecular formula is C9H8N2O4S. The lowest BCUT2D eigenvalue weighted by Crippen LogP contribution is -2.02. The van der Waals surface area contributed by atoms with Crippen LogP contribution < -0.4 is 0 Å². The SMILES string of the molecule is Cc1ccc(C(=O)OC=NN=S(=O)=O)cc1. The molecule has 0 unspecified atom stereocenters. The van der Waals surface area contributed by atoms with Crippen LogP contribution >= 0.6 is 0 Å². The number of esters is 1. The van der Waals surface area contributed by atoms with Gasteiger partial charge in [0.2, 0.25) is 6.40 Å². The third-order valence-corrected chi connectivity index (χ3v) is 1.84. The predicted molar refractivity (Wildman–Crippen MR) is 56.4 cm³/mol. The number of carbonyl (C=O) groups excluding carboxylic acids is 1. The van der Waals surface area contributed by atoms with Gasteiger partial charge in [-0.3, -0.25) is 0 Å². The zero-order valence-electron chi connectivity index (χ0n) is 8.32. The van der Waals surface area contributed by atoms with Crippen molar-refractivity contribution in [3.63, 3.8) is 0 Å². The van der Waals surface area contributed by atoms with Crippen molar-refractivity contribution in [2.75, 3.05) is 0 Å². The molecule has 0 fully saturated rings. The summed E-state index contributed by atoms with van der Waals surface area (Å²) in [6.45, 7) is 1.89. The number of aryl methyl sites for hydroxylation is 1. The molecule has 0 atom stereocenters. The Bertz CT molecular complexity index is 523. The average molecular weight is 240 g/mol. The first-order valence-corrected chi connectivity index (χ1v) is 5.22. The monoisotopic (exact) mass is 240 g/mol. The van der Waals surface area contributed by atoms with Gasteiger partial charge in [-0.05, 0) is 23.5 Å². The molecule has 7 heteroatoms. The van der Waals surface area contributed by atoms with Crippen LogP contribution in [-0.4, -0.2) is 20.8 Å². The summed E-state index contributed by atoms with van der Waals surface area (Å²) in [7, 11) is -2.64. The van der Waals surface area contributed by atoms with E-state index in [1.165, 1.54) is 0 Å². The second-order valence-corrected chi connectivity index (χ2v) is 3.39. The molecule has 0 aromatic heterocycles. The van der Waals surface area contributed by atoms with Crippen molar-refractivity contribution in [3.05, 3.63) is 35.4 Å². The van der Waals surface area contributed by atoms with E-state index in [2.05, 4.69) is 14.3 Å². The fourth-order valence-electron chi connectivity index (χ4n) is 0.887. The summed E-state index contributed by atoms with van der Waals surface area (Å²) in [5.74, 6) is -0.629. The predicted octanol–water partition coefficient (Wildman–Crippen LogP) is 1.16. The molecule has 0 aliphatic carbocycles. The van der Waals surface area contributed by atoms with E-state index in [-0.39, 0.29) is 0 Å². The van der Waals surface area contributed by atoms with Gasteiger partial charge in [0.25, 0.3) is 0 Å². The maximum atomic E-state index is 11.3. The maximum Gasteiger partial charge on any atom is 0.344 e. The van der Waals surface area contributed by atoms with Gasteiger partial charge in [0.05, 0.1) is 5.56 Å². The van der Waals surface area contributed by atoms with Gasteiger partial charge < -0.3 is 4.74 Å². The topological polar surface area (TPSA) is 85.2 Å². The number of benzene rings is 1. The van der Waals surface area contributed by atoms with Gasteiger partial charge in [0, 0.05) is 0 Å². The third-order valence-electron chi connectivity index (χ3n) is 1.61. The van der Waals surface area contributed by atoms with E-state index >= 15 is 0 Å². The first kappa shape index (κ1) is 12.1. The Balaban J connectivity index is 2.63. The average Bonchev–Trinajstić information content (AvgIpc) is 2.25. The zero-order chi connectivity index (χ0) is 12.0.